The number of carbonyl (C=O) groups is 1. The Balaban J connectivity index is 1.40. The smallest absolute Gasteiger partial charge is 0.266 e. The third-order valence-corrected chi connectivity index (χ3v) is 6.96. The Morgan fingerprint density at radius 2 is 1.70 bits per heavy atom. The number of hydrogen-bond donors (Lipinski definition) is 0. The lowest BCUT2D eigenvalue weighted by atomic mass is 10.1. The van der Waals surface area contributed by atoms with Crippen LogP contribution in [0, 0.1) is 0 Å². The third kappa shape index (κ3) is 6.71. The van der Waals surface area contributed by atoms with E-state index in [2.05, 4.69) is 13.0 Å². The van der Waals surface area contributed by atoms with Crippen LogP contribution < -0.4 is 4.74 Å². The minimum Gasteiger partial charge on any atom is -0.488 e. The van der Waals surface area contributed by atoms with Crippen LogP contribution in [-0.4, -0.2) is 28.3 Å². The molecule has 0 atom stereocenters. The predicted molar refractivity (Wildman–Crippen MR) is 132 cm³/mol. The van der Waals surface area contributed by atoms with Gasteiger partial charge in [0.15, 0.2) is 0 Å². The summed E-state index contributed by atoms with van der Waals surface area (Å²) in [5.74, 6) is 0.934. The van der Waals surface area contributed by atoms with Crippen molar-refractivity contribution >= 4 is 40.3 Å². The largest absolute Gasteiger partial charge is 0.488 e. The molecule has 2 aliphatic heterocycles. The number of carbonyl (C=O) groups excluding carboxylic acids is 1. The summed E-state index contributed by atoms with van der Waals surface area (Å²) >= 11 is 6.88. The quantitative estimate of drug-likeness (QED) is 0.195. The van der Waals surface area contributed by atoms with Gasteiger partial charge in [-0.05, 0) is 30.2 Å². The molecule has 0 radical (unpaired) electrons. The summed E-state index contributed by atoms with van der Waals surface area (Å²) in [5.41, 5.74) is 2.06. The molecule has 1 aromatic carbocycles. The number of para-hydroxylation sites is 1. The van der Waals surface area contributed by atoms with E-state index < -0.39 is 0 Å². The van der Waals surface area contributed by atoms with Crippen LogP contribution >= 0.6 is 24.0 Å². The minimum absolute atomic E-state index is 0.0423. The highest BCUT2D eigenvalue weighted by molar-refractivity contribution is 8.26. The Morgan fingerprint density at radius 3 is 2.43 bits per heavy atom. The van der Waals surface area contributed by atoms with Gasteiger partial charge in [0.1, 0.15) is 16.7 Å². The maximum Gasteiger partial charge on any atom is 0.266 e. The zero-order valence-corrected chi connectivity index (χ0v) is 19.7. The second-order valence-corrected chi connectivity index (χ2v) is 9.74. The SMILES string of the molecule is CCCCCCCCCCCCN1C(=O)C(=CC2=Cc3ccccc3OC2)SC1=S. The number of amides is 1. The van der Waals surface area contributed by atoms with Crippen molar-refractivity contribution in [2.75, 3.05) is 13.2 Å². The van der Waals surface area contributed by atoms with E-state index in [1.807, 2.05) is 30.3 Å². The molecule has 0 bridgehead atoms. The first-order valence-corrected chi connectivity index (χ1v) is 12.6. The summed E-state index contributed by atoms with van der Waals surface area (Å²) in [4.78, 5) is 15.3. The van der Waals surface area contributed by atoms with E-state index in [0.29, 0.717) is 15.8 Å². The van der Waals surface area contributed by atoms with Crippen molar-refractivity contribution in [3.8, 4) is 5.75 Å². The van der Waals surface area contributed by atoms with Crippen LogP contribution in [0.1, 0.15) is 76.7 Å². The fourth-order valence-corrected chi connectivity index (χ4v) is 5.16. The van der Waals surface area contributed by atoms with E-state index in [1.165, 1.54) is 69.5 Å². The highest BCUT2D eigenvalue weighted by atomic mass is 32.2. The maximum atomic E-state index is 12.8. The van der Waals surface area contributed by atoms with Gasteiger partial charge in [0, 0.05) is 12.1 Å². The second kappa shape index (κ2) is 12.3. The standard InChI is InChI=1S/C25H33NO2S2/c1-2-3-4-5-6-7-8-9-10-13-16-26-24(27)23(30-25(26)29)18-20-17-21-14-11-12-15-22(21)28-19-20/h11-12,14-15,17-18H,2-10,13,16,19H2,1H3. The molecular formula is C25H33NO2S2. The first-order valence-electron chi connectivity index (χ1n) is 11.4. The molecule has 0 aromatic heterocycles. The number of benzene rings is 1. The molecule has 1 fully saturated rings. The molecule has 1 saturated heterocycles. The molecule has 0 spiro atoms. The van der Waals surface area contributed by atoms with E-state index in [4.69, 9.17) is 17.0 Å². The van der Waals surface area contributed by atoms with Gasteiger partial charge in [-0.15, -0.1) is 0 Å². The fourth-order valence-electron chi connectivity index (χ4n) is 3.84. The van der Waals surface area contributed by atoms with Gasteiger partial charge in [-0.25, -0.2) is 0 Å². The zero-order valence-electron chi connectivity index (χ0n) is 18.0. The van der Waals surface area contributed by atoms with Crippen molar-refractivity contribution in [1.29, 1.82) is 0 Å². The molecule has 5 heteroatoms. The minimum atomic E-state index is 0.0423. The Bertz CT molecular complexity index is 800. The van der Waals surface area contributed by atoms with Crippen molar-refractivity contribution in [1.82, 2.24) is 4.90 Å². The molecule has 0 saturated carbocycles. The molecule has 30 heavy (non-hydrogen) atoms. The van der Waals surface area contributed by atoms with E-state index in [0.717, 1.165) is 29.9 Å². The van der Waals surface area contributed by atoms with E-state index in [1.54, 1.807) is 4.90 Å². The van der Waals surface area contributed by atoms with Crippen LogP contribution in [0.4, 0.5) is 0 Å². The van der Waals surface area contributed by atoms with Crippen molar-refractivity contribution in [2.24, 2.45) is 0 Å². The van der Waals surface area contributed by atoms with Gasteiger partial charge in [0.2, 0.25) is 0 Å². The Hall–Kier alpha value is -1.59. The molecule has 1 amide bonds. The van der Waals surface area contributed by atoms with Gasteiger partial charge in [-0.2, -0.15) is 0 Å². The van der Waals surface area contributed by atoms with Crippen LogP contribution in [0.15, 0.2) is 40.8 Å². The molecule has 2 heterocycles. The number of ether oxygens (including phenoxy) is 1. The van der Waals surface area contributed by atoms with Gasteiger partial charge < -0.3 is 4.74 Å². The summed E-state index contributed by atoms with van der Waals surface area (Å²) in [7, 11) is 0. The Kier molecular flexibility index (Phi) is 9.47. The molecular weight excluding hydrogens is 410 g/mol. The highest BCUT2D eigenvalue weighted by Crippen LogP contribution is 2.34. The molecule has 2 aliphatic rings. The molecule has 0 N–H and O–H groups in total. The first kappa shape index (κ1) is 23.1. The van der Waals surface area contributed by atoms with Crippen molar-refractivity contribution < 1.29 is 9.53 Å². The second-order valence-electron chi connectivity index (χ2n) is 8.06. The lowest BCUT2D eigenvalue weighted by Crippen LogP contribution is -2.29. The molecule has 3 nitrogen and oxygen atoms in total. The number of nitrogens with zero attached hydrogens (tertiary/aromatic N) is 1. The highest BCUT2D eigenvalue weighted by Gasteiger charge is 2.31. The molecule has 0 unspecified atom stereocenters. The van der Waals surface area contributed by atoms with Gasteiger partial charge in [-0.1, -0.05) is 107 Å². The zero-order chi connectivity index (χ0) is 21.2. The van der Waals surface area contributed by atoms with Crippen molar-refractivity contribution in [3.63, 3.8) is 0 Å². The van der Waals surface area contributed by atoms with Crippen LogP contribution in [0.25, 0.3) is 6.08 Å². The van der Waals surface area contributed by atoms with Gasteiger partial charge in [-0.3, -0.25) is 9.69 Å². The van der Waals surface area contributed by atoms with Crippen LogP contribution in [0.2, 0.25) is 0 Å². The number of hydrogen-bond acceptors (Lipinski definition) is 4. The van der Waals surface area contributed by atoms with Gasteiger partial charge in [0.05, 0.1) is 4.91 Å². The summed E-state index contributed by atoms with van der Waals surface area (Å²) in [5, 5.41) is 0. The lowest BCUT2D eigenvalue weighted by molar-refractivity contribution is -0.122. The molecule has 1 aromatic rings. The topological polar surface area (TPSA) is 29.5 Å². The van der Waals surface area contributed by atoms with Crippen LogP contribution in [0.3, 0.4) is 0 Å². The summed E-state index contributed by atoms with van der Waals surface area (Å²) in [6.07, 6.45) is 16.9. The average Bonchev–Trinajstić information content (AvgIpc) is 3.02. The Labute approximate surface area is 190 Å². The summed E-state index contributed by atoms with van der Waals surface area (Å²) in [6, 6.07) is 7.96. The number of thioether (sulfide) groups is 1. The van der Waals surface area contributed by atoms with E-state index >= 15 is 0 Å². The van der Waals surface area contributed by atoms with Gasteiger partial charge in [0.25, 0.3) is 5.91 Å². The lowest BCUT2D eigenvalue weighted by Gasteiger charge is -2.16. The van der Waals surface area contributed by atoms with E-state index in [-0.39, 0.29) is 5.91 Å². The van der Waals surface area contributed by atoms with Crippen LogP contribution in [0.5, 0.6) is 5.75 Å². The fraction of sp³-hybridized carbons (Fsp3) is 0.520. The number of fused-ring (bicyclic) bond motifs is 1. The summed E-state index contributed by atoms with van der Waals surface area (Å²) < 4.78 is 6.47. The number of rotatable bonds is 12. The average molecular weight is 444 g/mol. The number of unbranched alkanes of at least 4 members (excludes halogenated alkanes) is 9. The molecule has 3 rings (SSSR count). The van der Waals surface area contributed by atoms with E-state index in [9.17, 15) is 4.79 Å². The van der Waals surface area contributed by atoms with Gasteiger partial charge >= 0.3 is 0 Å². The summed E-state index contributed by atoms with van der Waals surface area (Å²) in [6.45, 7) is 3.48. The number of thiocarbonyl (C=S) groups is 1. The first-order chi connectivity index (χ1) is 14.7. The normalized spacial score (nSPS) is 17.3. The Morgan fingerprint density at radius 1 is 1.03 bits per heavy atom. The molecule has 0 aliphatic carbocycles. The van der Waals surface area contributed by atoms with Crippen molar-refractivity contribution in [3.05, 3.63) is 46.4 Å². The molecule has 162 valence electrons. The van der Waals surface area contributed by atoms with Crippen molar-refractivity contribution in [2.45, 2.75) is 71.1 Å². The van der Waals surface area contributed by atoms with Crippen LogP contribution in [-0.2, 0) is 4.79 Å². The predicted octanol–water partition coefficient (Wildman–Crippen LogP) is 7.13. The maximum absolute atomic E-state index is 12.8. The monoisotopic (exact) mass is 443 g/mol. The third-order valence-electron chi connectivity index (χ3n) is 5.58.